The number of esters is 1. The molecule has 7 heteroatoms. The number of hydrogen-bond acceptors (Lipinski definition) is 4. The van der Waals surface area contributed by atoms with E-state index in [4.69, 9.17) is 9.84 Å². The predicted molar refractivity (Wildman–Crippen MR) is 57.4 cm³/mol. The van der Waals surface area contributed by atoms with Gasteiger partial charge < -0.3 is 14.7 Å². The Kier molecular flexibility index (Phi) is 4.74. The second-order valence-corrected chi connectivity index (χ2v) is 3.64. The Labute approximate surface area is 98.9 Å². The van der Waals surface area contributed by atoms with Gasteiger partial charge in [-0.2, -0.15) is 0 Å². The van der Waals surface area contributed by atoms with Gasteiger partial charge in [-0.15, -0.1) is 0 Å². The number of amides is 2. The first kappa shape index (κ1) is 13.3. The molecule has 0 radical (unpaired) electrons. The van der Waals surface area contributed by atoms with E-state index < -0.39 is 6.09 Å². The van der Waals surface area contributed by atoms with Crippen molar-refractivity contribution >= 4 is 18.0 Å². The quantitative estimate of drug-likeness (QED) is 0.690. The topological polar surface area (TPSA) is 87.2 Å². The fraction of sp³-hybridized carbons (Fsp3) is 0.700. The van der Waals surface area contributed by atoms with E-state index in [9.17, 15) is 14.4 Å². The molecule has 7 nitrogen and oxygen atoms in total. The minimum Gasteiger partial charge on any atom is -0.466 e. The van der Waals surface area contributed by atoms with Gasteiger partial charge in [0, 0.05) is 19.6 Å². The SMILES string of the molecule is CCOC(=O)CCN1CCN(C(=O)O)CC1=O. The van der Waals surface area contributed by atoms with E-state index in [1.54, 1.807) is 6.92 Å². The van der Waals surface area contributed by atoms with Crippen molar-refractivity contribution in [2.75, 3.05) is 32.8 Å². The molecule has 0 aliphatic carbocycles. The van der Waals surface area contributed by atoms with Gasteiger partial charge in [-0.25, -0.2) is 4.79 Å². The van der Waals surface area contributed by atoms with Crippen LogP contribution in [0, 0.1) is 0 Å². The summed E-state index contributed by atoms with van der Waals surface area (Å²) < 4.78 is 4.75. The zero-order chi connectivity index (χ0) is 12.8. The summed E-state index contributed by atoms with van der Waals surface area (Å²) in [5.41, 5.74) is 0. The number of piperazine rings is 1. The smallest absolute Gasteiger partial charge is 0.407 e. The van der Waals surface area contributed by atoms with E-state index in [0.717, 1.165) is 4.90 Å². The third kappa shape index (κ3) is 3.93. The molecule has 17 heavy (non-hydrogen) atoms. The third-order valence-corrected chi connectivity index (χ3v) is 2.48. The molecule has 1 fully saturated rings. The molecule has 1 aliphatic rings. The van der Waals surface area contributed by atoms with Gasteiger partial charge in [0.2, 0.25) is 5.91 Å². The average Bonchev–Trinajstić information content (AvgIpc) is 2.27. The number of ether oxygens (including phenoxy) is 1. The first-order valence-corrected chi connectivity index (χ1v) is 5.46. The van der Waals surface area contributed by atoms with Gasteiger partial charge in [0.1, 0.15) is 6.54 Å². The highest BCUT2D eigenvalue weighted by Crippen LogP contribution is 2.04. The second-order valence-electron chi connectivity index (χ2n) is 3.64. The third-order valence-electron chi connectivity index (χ3n) is 2.48. The van der Waals surface area contributed by atoms with E-state index in [2.05, 4.69) is 0 Å². The van der Waals surface area contributed by atoms with Crippen molar-refractivity contribution in [3.63, 3.8) is 0 Å². The van der Waals surface area contributed by atoms with Crippen molar-refractivity contribution in [1.29, 1.82) is 0 Å². The molecule has 0 bridgehead atoms. The fourth-order valence-electron chi connectivity index (χ4n) is 1.57. The van der Waals surface area contributed by atoms with Crippen LogP contribution in [-0.4, -0.2) is 65.7 Å². The lowest BCUT2D eigenvalue weighted by atomic mass is 10.3. The maximum Gasteiger partial charge on any atom is 0.407 e. The molecule has 1 saturated heterocycles. The number of nitrogens with zero attached hydrogens (tertiary/aromatic N) is 2. The number of rotatable bonds is 4. The molecule has 1 rings (SSSR count). The maximum absolute atomic E-state index is 11.5. The van der Waals surface area contributed by atoms with Crippen LogP contribution in [0.15, 0.2) is 0 Å². The van der Waals surface area contributed by atoms with Crippen LogP contribution in [0.5, 0.6) is 0 Å². The Morgan fingerprint density at radius 2 is 2.12 bits per heavy atom. The summed E-state index contributed by atoms with van der Waals surface area (Å²) in [6.07, 6.45) is -0.949. The monoisotopic (exact) mass is 244 g/mol. The van der Waals surface area contributed by atoms with Crippen molar-refractivity contribution < 1.29 is 24.2 Å². The van der Waals surface area contributed by atoms with Crippen LogP contribution < -0.4 is 0 Å². The second kappa shape index (κ2) is 6.07. The van der Waals surface area contributed by atoms with Crippen LogP contribution >= 0.6 is 0 Å². The van der Waals surface area contributed by atoms with E-state index in [0.29, 0.717) is 13.2 Å². The Balaban J connectivity index is 2.35. The Bertz CT molecular complexity index is 318. The van der Waals surface area contributed by atoms with Crippen molar-refractivity contribution in [1.82, 2.24) is 9.80 Å². The molecular weight excluding hydrogens is 228 g/mol. The lowest BCUT2D eigenvalue weighted by Gasteiger charge is -2.32. The van der Waals surface area contributed by atoms with Gasteiger partial charge >= 0.3 is 12.1 Å². The molecule has 1 aliphatic heterocycles. The van der Waals surface area contributed by atoms with Gasteiger partial charge in [-0.3, -0.25) is 14.5 Å². The molecule has 0 spiro atoms. The summed E-state index contributed by atoms with van der Waals surface area (Å²) in [5.74, 6) is -0.621. The molecule has 96 valence electrons. The number of hydrogen-bond donors (Lipinski definition) is 1. The Morgan fingerprint density at radius 1 is 1.41 bits per heavy atom. The maximum atomic E-state index is 11.5. The van der Waals surface area contributed by atoms with Crippen molar-refractivity contribution in [2.45, 2.75) is 13.3 Å². The highest BCUT2D eigenvalue weighted by atomic mass is 16.5. The molecule has 0 atom stereocenters. The Morgan fingerprint density at radius 3 is 2.65 bits per heavy atom. The molecule has 0 unspecified atom stereocenters. The van der Waals surface area contributed by atoms with Gasteiger partial charge in [-0.1, -0.05) is 0 Å². The zero-order valence-corrected chi connectivity index (χ0v) is 9.72. The number of carbonyl (C=O) groups excluding carboxylic acids is 2. The van der Waals surface area contributed by atoms with Crippen molar-refractivity contribution in [3.8, 4) is 0 Å². The molecule has 0 aromatic rings. The Hall–Kier alpha value is -1.79. The highest BCUT2D eigenvalue weighted by Gasteiger charge is 2.26. The van der Waals surface area contributed by atoms with Gasteiger partial charge in [0.05, 0.1) is 13.0 Å². The van der Waals surface area contributed by atoms with Crippen LogP contribution in [0.4, 0.5) is 4.79 Å². The van der Waals surface area contributed by atoms with Crippen LogP contribution in [0.2, 0.25) is 0 Å². The van der Waals surface area contributed by atoms with E-state index >= 15 is 0 Å². The number of carboxylic acid groups (broad SMARTS) is 1. The minimum absolute atomic E-state index is 0.141. The molecule has 1 heterocycles. The van der Waals surface area contributed by atoms with E-state index in [1.807, 2.05) is 0 Å². The van der Waals surface area contributed by atoms with E-state index in [-0.39, 0.29) is 37.9 Å². The summed E-state index contributed by atoms with van der Waals surface area (Å²) >= 11 is 0. The summed E-state index contributed by atoms with van der Waals surface area (Å²) in [5, 5.41) is 8.71. The van der Waals surface area contributed by atoms with Crippen LogP contribution in [0.25, 0.3) is 0 Å². The van der Waals surface area contributed by atoms with Crippen LogP contribution in [0.3, 0.4) is 0 Å². The summed E-state index contributed by atoms with van der Waals surface area (Å²) in [6, 6.07) is 0. The average molecular weight is 244 g/mol. The summed E-state index contributed by atoms with van der Waals surface area (Å²) in [7, 11) is 0. The lowest BCUT2D eigenvalue weighted by molar-refractivity contribution is -0.144. The first-order chi connectivity index (χ1) is 8.04. The molecule has 0 saturated carbocycles. The van der Waals surface area contributed by atoms with Crippen LogP contribution in [-0.2, 0) is 14.3 Å². The molecule has 2 amide bonds. The normalized spacial score (nSPS) is 15.9. The summed E-state index contributed by atoms with van der Waals surface area (Å²) in [6.45, 7) is 2.78. The molecule has 0 aromatic heterocycles. The lowest BCUT2D eigenvalue weighted by Crippen LogP contribution is -2.52. The molecular formula is C10H16N2O5. The first-order valence-electron chi connectivity index (χ1n) is 5.46. The van der Waals surface area contributed by atoms with Crippen molar-refractivity contribution in [2.24, 2.45) is 0 Å². The van der Waals surface area contributed by atoms with Gasteiger partial charge in [0.15, 0.2) is 0 Å². The molecule has 1 N–H and O–H groups in total. The van der Waals surface area contributed by atoms with Crippen LogP contribution in [0.1, 0.15) is 13.3 Å². The molecule has 0 aromatic carbocycles. The highest BCUT2D eigenvalue weighted by molar-refractivity contribution is 5.83. The standard InChI is InChI=1S/C10H16N2O5/c1-2-17-9(14)3-4-11-5-6-12(10(15)16)7-8(11)13/h2-7H2,1H3,(H,15,16). The largest absolute Gasteiger partial charge is 0.466 e. The van der Waals surface area contributed by atoms with E-state index in [1.165, 1.54) is 4.90 Å². The fourth-order valence-corrected chi connectivity index (χ4v) is 1.57. The zero-order valence-electron chi connectivity index (χ0n) is 9.72. The van der Waals surface area contributed by atoms with Crippen molar-refractivity contribution in [3.05, 3.63) is 0 Å². The van der Waals surface area contributed by atoms with Gasteiger partial charge in [0.25, 0.3) is 0 Å². The predicted octanol–water partition coefficient (Wildman–Crippen LogP) is -0.238. The summed E-state index contributed by atoms with van der Waals surface area (Å²) in [4.78, 5) is 35.8. The van der Waals surface area contributed by atoms with Gasteiger partial charge in [-0.05, 0) is 6.92 Å². The minimum atomic E-state index is -1.09. The number of carbonyl (C=O) groups is 3.